The minimum Gasteiger partial charge on any atom is -0.508 e. The molecule has 3 rings (SSSR count). The molecule has 1 atom stereocenters. The summed E-state index contributed by atoms with van der Waals surface area (Å²) >= 11 is 0. The van der Waals surface area contributed by atoms with Crippen LogP contribution in [0.1, 0.15) is 241 Å². The number of phenols is 2. The van der Waals surface area contributed by atoms with E-state index in [2.05, 4.69) is 112 Å². The third-order valence-electron chi connectivity index (χ3n) is 13.0. The quantitative estimate of drug-likeness (QED) is 0.0585. The molecule has 0 spiro atoms. The molecule has 61 heavy (non-hydrogen) atoms. The van der Waals surface area contributed by atoms with Crippen LogP contribution < -0.4 is 5.32 Å². The lowest BCUT2D eigenvalue weighted by molar-refractivity contribution is -0.161. The summed E-state index contributed by atoms with van der Waals surface area (Å²) in [6.45, 7) is 26.0. The Labute approximate surface area is 374 Å². The number of hydrogen-bond donors (Lipinski definition) is 3. The van der Waals surface area contributed by atoms with E-state index in [1.165, 1.54) is 83.5 Å². The SMILES string of the molecule is CCCCC(C(=O)OC1CC(C)(C)N(C)C(C)(C)C1)c1cc(C(C)(C)C)c(O)c(C(C)(C)C)c1.CCCCCCCCCCCCCCCCCC(=O)Nc1ccc(O)cc1. The first-order chi connectivity index (χ1) is 28.5. The molecule has 7 heteroatoms. The van der Waals surface area contributed by atoms with Gasteiger partial charge in [-0.2, -0.15) is 0 Å². The molecule has 2 aromatic carbocycles. The predicted molar refractivity (Wildman–Crippen MR) is 259 cm³/mol. The van der Waals surface area contributed by atoms with Crippen molar-refractivity contribution in [2.45, 2.75) is 252 Å². The van der Waals surface area contributed by atoms with E-state index in [0.717, 1.165) is 67.3 Å². The molecule has 0 bridgehead atoms. The fourth-order valence-corrected chi connectivity index (χ4v) is 8.86. The molecule has 1 aliphatic heterocycles. The Hall–Kier alpha value is -3.06. The van der Waals surface area contributed by atoms with Crippen LogP contribution in [-0.4, -0.2) is 51.2 Å². The van der Waals surface area contributed by atoms with E-state index in [1.54, 1.807) is 24.3 Å². The maximum absolute atomic E-state index is 13.7. The van der Waals surface area contributed by atoms with Gasteiger partial charge in [0.2, 0.25) is 5.91 Å². The zero-order chi connectivity index (χ0) is 45.9. The van der Waals surface area contributed by atoms with Crippen molar-refractivity contribution in [3.63, 3.8) is 0 Å². The lowest BCUT2D eigenvalue weighted by Gasteiger charge is -2.53. The number of phenolic OH excluding ortho intramolecular Hbond substituents is 2. The fourth-order valence-electron chi connectivity index (χ4n) is 8.86. The zero-order valence-electron chi connectivity index (χ0n) is 41.5. The normalized spacial score (nSPS) is 16.1. The molecule has 1 fully saturated rings. The van der Waals surface area contributed by atoms with Crippen molar-refractivity contribution in [1.82, 2.24) is 4.90 Å². The monoisotopic (exact) mass is 849 g/mol. The molecular weight excluding hydrogens is 757 g/mol. The Balaban J connectivity index is 0.000000432. The Morgan fingerprint density at radius 2 is 1.10 bits per heavy atom. The summed E-state index contributed by atoms with van der Waals surface area (Å²) in [7, 11) is 2.17. The molecule has 0 aromatic heterocycles. The summed E-state index contributed by atoms with van der Waals surface area (Å²) in [6, 6.07) is 10.7. The van der Waals surface area contributed by atoms with Gasteiger partial charge in [-0.15, -0.1) is 0 Å². The Kier molecular flexibility index (Phi) is 23.0. The molecule has 2 aromatic rings. The molecular formula is C54H92N2O5. The molecule has 1 unspecified atom stereocenters. The number of rotatable bonds is 23. The third-order valence-corrected chi connectivity index (χ3v) is 13.0. The van der Waals surface area contributed by atoms with Crippen molar-refractivity contribution in [2.75, 3.05) is 12.4 Å². The molecule has 0 aliphatic carbocycles. The second-order valence-electron chi connectivity index (χ2n) is 21.6. The highest BCUT2D eigenvalue weighted by Gasteiger charge is 2.45. The van der Waals surface area contributed by atoms with Crippen molar-refractivity contribution >= 4 is 17.6 Å². The van der Waals surface area contributed by atoms with E-state index in [4.69, 9.17) is 4.74 Å². The summed E-state index contributed by atoms with van der Waals surface area (Å²) in [6.07, 6.45) is 24.9. The van der Waals surface area contributed by atoms with Gasteiger partial charge in [0.15, 0.2) is 0 Å². The van der Waals surface area contributed by atoms with Crippen molar-refractivity contribution in [3.05, 3.63) is 53.1 Å². The largest absolute Gasteiger partial charge is 0.508 e. The summed E-state index contributed by atoms with van der Waals surface area (Å²) in [5.74, 6) is 0.185. The highest BCUT2D eigenvalue weighted by atomic mass is 16.5. The number of nitrogens with one attached hydrogen (secondary N) is 1. The van der Waals surface area contributed by atoms with Crippen LogP contribution in [0.3, 0.4) is 0 Å². The fraction of sp³-hybridized carbons (Fsp3) is 0.741. The molecule has 3 N–H and O–H groups in total. The molecule has 1 saturated heterocycles. The average molecular weight is 849 g/mol. The highest BCUT2D eigenvalue weighted by Crippen LogP contribution is 2.43. The van der Waals surface area contributed by atoms with Crippen LogP contribution in [0.2, 0.25) is 0 Å². The number of carbonyl (C=O) groups is 2. The molecule has 0 radical (unpaired) electrons. The van der Waals surface area contributed by atoms with Crippen LogP contribution in [0.4, 0.5) is 5.69 Å². The lowest BCUT2D eigenvalue weighted by Crippen LogP contribution is -2.60. The maximum atomic E-state index is 13.7. The number of aromatic hydroxyl groups is 2. The smallest absolute Gasteiger partial charge is 0.313 e. The van der Waals surface area contributed by atoms with Crippen molar-refractivity contribution in [2.24, 2.45) is 0 Å². The predicted octanol–water partition coefficient (Wildman–Crippen LogP) is 15.0. The van der Waals surface area contributed by atoms with E-state index >= 15 is 0 Å². The Morgan fingerprint density at radius 1 is 0.689 bits per heavy atom. The first kappa shape index (κ1) is 54.1. The number of anilines is 1. The van der Waals surface area contributed by atoms with Gasteiger partial charge in [-0.25, -0.2) is 0 Å². The molecule has 0 saturated carbocycles. The molecule has 7 nitrogen and oxygen atoms in total. The van der Waals surface area contributed by atoms with Crippen molar-refractivity contribution in [3.8, 4) is 11.5 Å². The number of likely N-dealkylation sites (tertiary alicyclic amines) is 1. The third kappa shape index (κ3) is 19.5. The molecule has 348 valence electrons. The van der Waals surface area contributed by atoms with Crippen molar-refractivity contribution < 1.29 is 24.5 Å². The average Bonchev–Trinajstić information content (AvgIpc) is 3.16. The van der Waals surface area contributed by atoms with E-state index in [-0.39, 0.29) is 51.6 Å². The first-order valence-electron chi connectivity index (χ1n) is 24.4. The number of esters is 1. The van der Waals surface area contributed by atoms with Crippen LogP contribution in [0.5, 0.6) is 11.5 Å². The summed E-state index contributed by atoms with van der Waals surface area (Å²) < 4.78 is 6.28. The van der Waals surface area contributed by atoms with Crippen LogP contribution in [0, 0.1) is 0 Å². The number of unbranched alkanes of at least 4 members (excludes halogenated alkanes) is 15. The van der Waals surface area contributed by atoms with Crippen LogP contribution in [0.15, 0.2) is 36.4 Å². The van der Waals surface area contributed by atoms with Gasteiger partial charge < -0.3 is 20.3 Å². The summed E-state index contributed by atoms with van der Waals surface area (Å²) in [5, 5.41) is 23.3. The van der Waals surface area contributed by atoms with E-state index in [1.807, 2.05) is 0 Å². The number of carbonyl (C=O) groups excluding carboxylic acids is 2. The van der Waals surface area contributed by atoms with E-state index in [9.17, 15) is 19.8 Å². The minimum atomic E-state index is -0.325. The number of nitrogens with zero attached hydrogens (tertiary/aromatic N) is 1. The van der Waals surface area contributed by atoms with Gasteiger partial charge in [0.05, 0.1) is 5.92 Å². The number of ether oxygens (including phenoxy) is 1. The van der Waals surface area contributed by atoms with Crippen LogP contribution >= 0.6 is 0 Å². The molecule has 1 aliphatic rings. The standard InChI is InChI=1S/C30H51NO3.C24H41NO2/c1-13-14-15-22(26(33)34-21-18-29(8,9)31(12)30(10,11)19-21)20-16-23(27(2,3)4)25(32)24(17-20)28(5,6)7;1-2-3-4-5-6-7-8-9-10-11-12-13-14-15-16-17-24(27)25-22-18-20-23(26)21-19-22/h16-17,21-22,32H,13-15,18-19H2,1-12H3;18-21,26H,2-17H2,1H3,(H,25,27). The van der Waals surface area contributed by atoms with Gasteiger partial charge in [-0.3, -0.25) is 14.5 Å². The van der Waals surface area contributed by atoms with Crippen LogP contribution in [-0.2, 0) is 25.2 Å². The summed E-state index contributed by atoms with van der Waals surface area (Å²) in [4.78, 5) is 28.0. The second-order valence-corrected chi connectivity index (χ2v) is 21.6. The van der Waals surface area contributed by atoms with Crippen LogP contribution in [0.25, 0.3) is 0 Å². The number of hydrogen-bond acceptors (Lipinski definition) is 6. The lowest BCUT2D eigenvalue weighted by atomic mass is 9.76. The highest BCUT2D eigenvalue weighted by molar-refractivity contribution is 5.90. The first-order valence-corrected chi connectivity index (χ1v) is 24.4. The number of amides is 1. The van der Waals surface area contributed by atoms with Gasteiger partial charge in [0, 0.05) is 36.0 Å². The van der Waals surface area contributed by atoms with E-state index < -0.39 is 0 Å². The number of piperidine rings is 1. The van der Waals surface area contributed by atoms with E-state index in [0.29, 0.717) is 12.2 Å². The molecule has 1 heterocycles. The van der Waals surface area contributed by atoms with Gasteiger partial charge in [-0.05, 0) is 99.4 Å². The maximum Gasteiger partial charge on any atom is 0.313 e. The topological polar surface area (TPSA) is 99.1 Å². The van der Waals surface area contributed by atoms with Gasteiger partial charge in [-0.1, -0.05) is 170 Å². The Morgan fingerprint density at radius 3 is 1.51 bits per heavy atom. The summed E-state index contributed by atoms with van der Waals surface area (Å²) in [5.41, 5.74) is 2.96. The minimum absolute atomic E-state index is 0.0387. The Bertz CT molecular complexity index is 1510. The van der Waals surface area contributed by atoms with Crippen molar-refractivity contribution in [1.29, 1.82) is 0 Å². The van der Waals surface area contributed by atoms with Gasteiger partial charge >= 0.3 is 5.97 Å². The van der Waals surface area contributed by atoms with Gasteiger partial charge in [0.25, 0.3) is 0 Å². The van der Waals surface area contributed by atoms with Gasteiger partial charge in [0.1, 0.15) is 17.6 Å². The zero-order valence-corrected chi connectivity index (χ0v) is 41.5. The molecule has 1 amide bonds. The number of benzene rings is 2. The second kappa shape index (κ2) is 25.9.